The number of hydrogen-bond donors (Lipinski definition) is 1. The molecule has 1 atom stereocenters. The number of rotatable bonds is 7. The minimum Gasteiger partial charge on any atom is -0.379 e. The van der Waals surface area contributed by atoms with Crippen molar-refractivity contribution in [1.29, 1.82) is 0 Å². The number of benzene rings is 2. The summed E-state index contributed by atoms with van der Waals surface area (Å²) in [6.07, 6.45) is 0. The zero-order valence-corrected chi connectivity index (χ0v) is 17.8. The van der Waals surface area contributed by atoms with Crippen molar-refractivity contribution in [1.82, 2.24) is 15.1 Å². The lowest BCUT2D eigenvalue weighted by Crippen LogP contribution is -2.43. The average molecular weight is 428 g/mol. The molecule has 7 heteroatoms. The van der Waals surface area contributed by atoms with E-state index in [1.807, 2.05) is 18.2 Å². The molecule has 2 aliphatic rings. The Morgan fingerprint density at radius 1 is 0.968 bits per heavy atom. The van der Waals surface area contributed by atoms with Crippen LogP contribution in [0, 0.1) is 5.82 Å². The second kappa shape index (κ2) is 10.8. The predicted molar refractivity (Wildman–Crippen MR) is 116 cm³/mol. The molecule has 4 rings (SSSR count). The highest BCUT2D eigenvalue weighted by atomic mass is 19.1. The summed E-state index contributed by atoms with van der Waals surface area (Å²) in [7, 11) is 0. The lowest BCUT2D eigenvalue weighted by Gasteiger charge is -2.35. The number of carbonyl (C=O) groups excluding carboxylic acids is 1. The molecule has 0 spiro atoms. The molecule has 1 amide bonds. The van der Waals surface area contributed by atoms with Crippen molar-refractivity contribution in [3.05, 3.63) is 71.0 Å². The van der Waals surface area contributed by atoms with Gasteiger partial charge in [-0.2, -0.15) is 0 Å². The fourth-order valence-corrected chi connectivity index (χ4v) is 4.15. The molecule has 0 saturated carbocycles. The first kappa shape index (κ1) is 21.9. The van der Waals surface area contributed by atoms with E-state index >= 15 is 0 Å². The van der Waals surface area contributed by atoms with E-state index in [9.17, 15) is 9.18 Å². The van der Waals surface area contributed by atoms with Crippen molar-refractivity contribution >= 4 is 5.91 Å². The van der Waals surface area contributed by atoms with Crippen LogP contribution in [0.4, 0.5) is 4.39 Å². The van der Waals surface area contributed by atoms with Crippen LogP contribution in [0.25, 0.3) is 0 Å². The molecule has 2 saturated heterocycles. The Bertz CT molecular complexity index is 849. The van der Waals surface area contributed by atoms with Gasteiger partial charge in [0, 0.05) is 44.8 Å². The van der Waals surface area contributed by atoms with Gasteiger partial charge in [0.2, 0.25) is 0 Å². The van der Waals surface area contributed by atoms with E-state index in [0.717, 1.165) is 57.1 Å². The van der Waals surface area contributed by atoms with E-state index in [1.165, 1.54) is 12.1 Å². The molecule has 1 N–H and O–H groups in total. The highest BCUT2D eigenvalue weighted by Crippen LogP contribution is 2.22. The van der Waals surface area contributed by atoms with Crippen molar-refractivity contribution in [3.8, 4) is 0 Å². The number of amides is 1. The highest BCUT2D eigenvalue weighted by molar-refractivity contribution is 5.94. The fourth-order valence-electron chi connectivity index (χ4n) is 4.15. The lowest BCUT2D eigenvalue weighted by atomic mass is 10.0. The van der Waals surface area contributed by atoms with E-state index in [-0.39, 0.29) is 17.8 Å². The third-order valence-corrected chi connectivity index (χ3v) is 5.90. The summed E-state index contributed by atoms with van der Waals surface area (Å²) in [6, 6.07) is 14.3. The zero-order chi connectivity index (χ0) is 21.5. The van der Waals surface area contributed by atoms with Crippen LogP contribution in [-0.2, 0) is 16.0 Å². The van der Waals surface area contributed by atoms with Gasteiger partial charge in [-0.1, -0.05) is 24.3 Å². The van der Waals surface area contributed by atoms with E-state index in [1.54, 1.807) is 12.1 Å². The first-order valence-corrected chi connectivity index (χ1v) is 10.9. The van der Waals surface area contributed by atoms with Gasteiger partial charge in [0.05, 0.1) is 32.5 Å². The number of nitrogens with zero attached hydrogens (tertiary/aromatic N) is 2. The minimum atomic E-state index is -0.259. The van der Waals surface area contributed by atoms with E-state index < -0.39 is 0 Å². The molecule has 0 bridgehead atoms. The number of ether oxygens (including phenoxy) is 2. The van der Waals surface area contributed by atoms with Crippen LogP contribution in [-0.4, -0.2) is 74.9 Å². The van der Waals surface area contributed by atoms with E-state index in [2.05, 4.69) is 21.2 Å². The largest absolute Gasteiger partial charge is 0.379 e. The van der Waals surface area contributed by atoms with Gasteiger partial charge < -0.3 is 14.8 Å². The van der Waals surface area contributed by atoms with Crippen molar-refractivity contribution < 1.29 is 18.7 Å². The summed E-state index contributed by atoms with van der Waals surface area (Å²) in [4.78, 5) is 17.5. The van der Waals surface area contributed by atoms with E-state index in [4.69, 9.17) is 9.47 Å². The molecule has 1 unspecified atom stereocenters. The topological polar surface area (TPSA) is 54.0 Å². The van der Waals surface area contributed by atoms with Gasteiger partial charge in [-0.25, -0.2) is 4.39 Å². The van der Waals surface area contributed by atoms with Crippen LogP contribution in [0.1, 0.15) is 27.5 Å². The maximum absolute atomic E-state index is 13.4. The Hall–Kier alpha value is -2.32. The molecule has 2 heterocycles. The molecule has 0 radical (unpaired) electrons. The van der Waals surface area contributed by atoms with E-state index in [0.29, 0.717) is 25.3 Å². The van der Waals surface area contributed by atoms with Gasteiger partial charge in [-0.3, -0.25) is 14.6 Å². The van der Waals surface area contributed by atoms with Crippen LogP contribution < -0.4 is 5.32 Å². The highest BCUT2D eigenvalue weighted by Gasteiger charge is 2.23. The number of nitrogens with one attached hydrogen (secondary N) is 1. The van der Waals surface area contributed by atoms with Crippen molar-refractivity contribution in [2.75, 3.05) is 59.2 Å². The summed E-state index contributed by atoms with van der Waals surface area (Å²) in [5, 5.41) is 3.09. The third kappa shape index (κ3) is 6.11. The van der Waals surface area contributed by atoms with Gasteiger partial charge in [-0.15, -0.1) is 0 Å². The number of hydrogen-bond acceptors (Lipinski definition) is 5. The summed E-state index contributed by atoms with van der Waals surface area (Å²) < 4.78 is 24.3. The Morgan fingerprint density at radius 3 is 2.35 bits per heavy atom. The Labute approximate surface area is 182 Å². The maximum Gasteiger partial charge on any atom is 0.251 e. The Balaban J connectivity index is 1.41. The molecular formula is C24H30FN3O3. The van der Waals surface area contributed by atoms with Crippen LogP contribution in [0.2, 0.25) is 0 Å². The van der Waals surface area contributed by atoms with Gasteiger partial charge in [0.15, 0.2) is 0 Å². The quantitative estimate of drug-likeness (QED) is 0.736. The minimum absolute atomic E-state index is 0.0232. The molecule has 0 aromatic heterocycles. The summed E-state index contributed by atoms with van der Waals surface area (Å²) >= 11 is 0. The van der Waals surface area contributed by atoms with Crippen LogP contribution in [0.15, 0.2) is 48.5 Å². The smallest absolute Gasteiger partial charge is 0.251 e. The SMILES string of the molecule is O=C(NCC(c1ccc(F)cc1)N1CCOCC1)c1cccc(CN2CCOCC2)c1. The predicted octanol–water partition coefficient (Wildman–Crippen LogP) is 2.46. The number of carbonyl (C=O) groups is 1. The molecule has 2 aliphatic heterocycles. The molecule has 2 fully saturated rings. The second-order valence-electron chi connectivity index (χ2n) is 8.01. The number of halogens is 1. The molecule has 2 aromatic carbocycles. The van der Waals surface area contributed by atoms with Crippen molar-refractivity contribution in [2.24, 2.45) is 0 Å². The van der Waals surface area contributed by atoms with Gasteiger partial charge >= 0.3 is 0 Å². The Morgan fingerprint density at radius 2 is 1.65 bits per heavy atom. The fraction of sp³-hybridized carbons (Fsp3) is 0.458. The Kier molecular flexibility index (Phi) is 7.64. The standard InChI is InChI=1S/C24H30FN3O3/c25-22-6-4-20(5-7-22)23(28-10-14-31-15-11-28)17-26-24(29)21-3-1-2-19(16-21)18-27-8-12-30-13-9-27/h1-7,16,23H,8-15,17-18H2,(H,26,29). The number of morpholine rings is 2. The van der Waals surface area contributed by atoms with Crippen molar-refractivity contribution in [3.63, 3.8) is 0 Å². The van der Waals surface area contributed by atoms with Gasteiger partial charge in [0.1, 0.15) is 5.82 Å². The molecular weight excluding hydrogens is 397 g/mol. The summed E-state index contributed by atoms with van der Waals surface area (Å²) in [5.74, 6) is -0.352. The van der Waals surface area contributed by atoms with Crippen LogP contribution in [0.3, 0.4) is 0 Å². The van der Waals surface area contributed by atoms with Gasteiger partial charge in [0.25, 0.3) is 5.91 Å². The van der Waals surface area contributed by atoms with Crippen LogP contribution >= 0.6 is 0 Å². The average Bonchev–Trinajstić information content (AvgIpc) is 2.82. The molecule has 166 valence electrons. The molecule has 0 aliphatic carbocycles. The monoisotopic (exact) mass is 427 g/mol. The maximum atomic E-state index is 13.4. The second-order valence-corrected chi connectivity index (χ2v) is 8.01. The normalized spacial score (nSPS) is 19.1. The molecule has 31 heavy (non-hydrogen) atoms. The zero-order valence-electron chi connectivity index (χ0n) is 17.8. The van der Waals surface area contributed by atoms with Crippen molar-refractivity contribution in [2.45, 2.75) is 12.6 Å². The molecule has 6 nitrogen and oxygen atoms in total. The summed E-state index contributed by atoms with van der Waals surface area (Å²) in [6.45, 7) is 7.50. The lowest BCUT2D eigenvalue weighted by molar-refractivity contribution is 0.0162. The molecule has 2 aromatic rings. The first-order chi connectivity index (χ1) is 15.2. The van der Waals surface area contributed by atoms with Crippen LogP contribution in [0.5, 0.6) is 0 Å². The van der Waals surface area contributed by atoms with Gasteiger partial charge in [-0.05, 0) is 35.4 Å². The summed E-state index contributed by atoms with van der Waals surface area (Å²) in [5.41, 5.74) is 2.77. The third-order valence-electron chi connectivity index (χ3n) is 5.90. The first-order valence-electron chi connectivity index (χ1n) is 10.9.